The van der Waals surface area contributed by atoms with Crippen LogP contribution in [-0.4, -0.2) is 38.0 Å². The van der Waals surface area contributed by atoms with E-state index < -0.39 is 11.7 Å². The maximum atomic E-state index is 11.2. The van der Waals surface area contributed by atoms with Gasteiger partial charge in [0.2, 0.25) is 0 Å². The van der Waals surface area contributed by atoms with Crippen molar-refractivity contribution in [1.82, 2.24) is 5.32 Å². The van der Waals surface area contributed by atoms with E-state index in [0.29, 0.717) is 32.7 Å². The van der Waals surface area contributed by atoms with Gasteiger partial charge < -0.3 is 14.8 Å². The van der Waals surface area contributed by atoms with Crippen molar-refractivity contribution in [3.8, 4) is 0 Å². The average molecular weight is 244 g/mol. The fourth-order valence-electron chi connectivity index (χ4n) is 0.924. The fraction of sp³-hybridized carbons (Fsp3) is 0.900. The van der Waals surface area contributed by atoms with Crippen LogP contribution in [0.4, 0.5) is 4.79 Å². The topological polar surface area (TPSA) is 96.3 Å². The number of ether oxygens (including phenoxy) is 2. The molecule has 7 nitrogen and oxygen atoms in total. The maximum absolute atomic E-state index is 11.2. The molecule has 0 unspecified atom stereocenters. The summed E-state index contributed by atoms with van der Waals surface area (Å²) < 4.78 is 10.2. The quantitative estimate of drug-likeness (QED) is 0.322. The lowest BCUT2D eigenvalue weighted by atomic mass is 10.2. The van der Waals surface area contributed by atoms with Gasteiger partial charge in [-0.05, 0) is 32.7 Å². The van der Waals surface area contributed by atoms with Crippen LogP contribution in [0, 0.1) is 0 Å². The normalized spacial score (nSPS) is 10.5. The van der Waals surface area contributed by atoms with Crippen molar-refractivity contribution in [3.05, 3.63) is 10.4 Å². The molecule has 0 aromatic heterocycles. The second-order valence-electron chi connectivity index (χ2n) is 4.35. The summed E-state index contributed by atoms with van der Waals surface area (Å²) in [6.45, 7) is 7.16. The summed E-state index contributed by atoms with van der Waals surface area (Å²) in [6.07, 6.45) is 0.228. The third kappa shape index (κ3) is 12.5. The molecule has 0 heterocycles. The number of nitrogens with one attached hydrogen (secondary N) is 1. The van der Waals surface area contributed by atoms with E-state index in [9.17, 15) is 4.79 Å². The van der Waals surface area contributed by atoms with Gasteiger partial charge in [-0.15, -0.1) is 0 Å². The largest absolute Gasteiger partial charge is 0.444 e. The Kier molecular flexibility index (Phi) is 7.92. The highest BCUT2D eigenvalue weighted by molar-refractivity contribution is 5.67. The summed E-state index contributed by atoms with van der Waals surface area (Å²) in [5.41, 5.74) is 7.53. The lowest BCUT2D eigenvalue weighted by Crippen LogP contribution is -2.34. The molecule has 0 saturated carbocycles. The molecule has 0 fully saturated rings. The van der Waals surface area contributed by atoms with Crippen molar-refractivity contribution >= 4 is 6.09 Å². The number of nitrogens with zero attached hydrogens (tertiary/aromatic N) is 3. The van der Waals surface area contributed by atoms with Crippen LogP contribution in [0.15, 0.2) is 5.11 Å². The van der Waals surface area contributed by atoms with Crippen molar-refractivity contribution < 1.29 is 14.3 Å². The lowest BCUT2D eigenvalue weighted by Gasteiger charge is -2.19. The molecule has 0 radical (unpaired) electrons. The highest BCUT2D eigenvalue weighted by Gasteiger charge is 2.15. The third-order valence-corrected chi connectivity index (χ3v) is 1.52. The lowest BCUT2D eigenvalue weighted by molar-refractivity contribution is 0.0499. The molecule has 0 atom stereocenters. The minimum Gasteiger partial charge on any atom is -0.444 e. The summed E-state index contributed by atoms with van der Waals surface area (Å²) in [4.78, 5) is 13.8. The standard InChI is InChI=1S/C10H20N4O3/c1-10(2,3)17-9(15)12-6-8-16-7-4-5-13-14-11/h4-8H2,1-3H3,(H,12,15). The average Bonchev–Trinajstić information content (AvgIpc) is 2.19. The predicted molar refractivity (Wildman–Crippen MR) is 63.7 cm³/mol. The van der Waals surface area contributed by atoms with Gasteiger partial charge in [0.25, 0.3) is 0 Å². The molecule has 98 valence electrons. The fourth-order valence-corrected chi connectivity index (χ4v) is 0.924. The SMILES string of the molecule is CC(C)(C)OC(=O)NCCOCCCN=[N+]=[N-]. The molecule has 0 rings (SSSR count). The van der Waals surface area contributed by atoms with Crippen LogP contribution >= 0.6 is 0 Å². The first-order valence-corrected chi connectivity index (χ1v) is 5.51. The minimum absolute atomic E-state index is 0.399. The molecule has 0 aromatic rings. The Hall–Kier alpha value is -1.46. The van der Waals surface area contributed by atoms with Crippen LogP contribution in [0.25, 0.3) is 10.4 Å². The van der Waals surface area contributed by atoms with E-state index in [-0.39, 0.29) is 0 Å². The van der Waals surface area contributed by atoms with E-state index >= 15 is 0 Å². The number of carbonyl (C=O) groups excluding carboxylic acids is 1. The van der Waals surface area contributed by atoms with Crippen molar-refractivity contribution in [2.45, 2.75) is 32.8 Å². The third-order valence-electron chi connectivity index (χ3n) is 1.52. The van der Waals surface area contributed by atoms with Gasteiger partial charge >= 0.3 is 6.09 Å². The number of carbonyl (C=O) groups is 1. The molecule has 17 heavy (non-hydrogen) atoms. The van der Waals surface area contributed by atoms with E-state index in [1.807, 2.05) is 0 Å². The van der Waals surface area contributed by atoms with Crippen LogP contribution in [0.5, 0.6) is 0 Å². The van der Waals surface area contributed by atoms with Crippen molar-refractivity contribution in [3.63, 3.8) is 0 Å². The van der Waals surface area contributed by atoms with Gasteiger partial charge in [-0.2, -0.15) is 0 Å². The minimum atomic E-state index is -0.486. The summed E-state index contributed by atoms with van der Waals surface area (Å²) in [5.74, 6) is 0. The van der Waals surface area contributed by atoms with Crippen molar-refractivity contribution in [2.75, 3.05) is 26.3 Å². The highest BCUT2D eigenvalue weighted by atomic mass is 16.6. The van der Waals surface area contributed by atoms with E-state index in [2.05, 4.69) is 15.3 Å². The second-order valence-corrected chi connectivity index (χ2v) is 4.35. The zero-order chi connectivity index (χ0) is 13.1. The Balaban J connectivity index is 3.34. The number of hydrogen-bond acceptors (Lipinski definition) is 4. The van der Waals surface area contributed by atoms with Crippen molar-refractivity contribution in [1.29, 1.82) is 0 Å². The number of alkyl carbamates (subject to hydrolysis) is 1. The molecular formula is C10H20N4O3. The number of hydrogen-bond donors (Lipinski definition) is 1. The van der Waals surface area contributed by atoms with Gasteiger partial charge in [-0.25, -0.2) is 4.79 Å². The summed E-state index contributed by atoms with van der Waals surface area (Å²) in [7, 11) is 0. The molecule has 7 heteroatoms. The molecule has 0 saturated heterocycles. The molecule has 0 aliphatic carbocycles. The van der Waals surface area contributed by atoms with Crippen LogP contribution in [0.2, 0.25) is 0 Å². The van der Waals surface area contributed by atoms with Gasteiger partial charge in [0.1, 0.15) is 5.60 Å². The Bertz CT molecular complexity index is 269. The Morgan fingerprint density at radius 1 is 1.41 bits per heavy atom. The molecule has 0 bridgehead atoms. The van der Waals surface area contributed by atoms with Crippen LogP contribution in [-0.2, 0) is 9.47 Å². The first kappa shape index (κ1) is 15.5. The smallest absolute Gasteiger partial charge is 0.407 e. The highest BCUT2D eigenvalue weighted by Crippen LogP contribution is 2.05. The maximum Gasteiger partial charge on any atom is 0.407 e. The van der Waals surface area contributed by atoms with Crippen LogP contribution in [0.3, 0.4) is 0 Å². The zero-order valence-electron chi connectivity index (χ0n) is 10.6. The molecule has 0 aliphatic rings. The first-order valence-electron chi connectivity index (χ1n) is 5.51. The molecule has 0 aromatic carbocycles. The molecule has 0 aliphatic heterocycles. The summed E-state index contributed by atoms with van der Waals surface area (Å²) in [6, 6.07) is 0. The van der Waals surface area contributed by atoms with Gasteiger partial charge in [-0.1, -0.05) is 5.11 Å². The number of azide groups is 1. The van der Waals surface area contributed by atoms with Crippen molar-refractivity contribution in [2.24, 2.45) is 5.11 Å². The predicted octanol–water partition coefficient (Wildman–Crippen LogP) is 2.23. The van der Waals surface area contributed by atoms with Gasteiger partial charge in [-0.3, -0.25) is 0 Å². The zero-order valence-corrected chi connectivity index (χ0v) is 10.6. The van der Waals surface area contributed by atoms with E-state index in [0.717, 1.165) is 0 Å². The summed E-state index contributed by atoms with van der Waals surface area (Å²) >= 11 is 0. The monoisotopic (exact) mass is 244 g/mol. The van der Waals surface area contributed by atoms with E-state index in [4.69, 9.17) is 15.0 Å². The Morgan fingerprint density at radius 2 is 2.12 bits per heavy atom. The van der Waals surface area contributed by atoms with Gasteiger partial charge in [0.05, 0.1) is 6.61 Å². The Morgan fingerprint density at radius 3 is 2.71 bits per heavy atom. The van der Waals surface area contributed by atoms with Gasteiger partial charge in [0.15, 0.2) is 0 Å². The number of amides is 1. The molecule has 0 spiro atoms. The van der Waals surface area contributed by atoms with E-state index in [1.165, 1.54) is 0 Å². The van der Waals surface area contributed by atoms with E-state index in [1.54, 1.807) is 20.8 Å². The molecule has 1 amide bonds. The second kappa shape index (κ2) is 8.66. The molecule has 1 N–H and O–H groups in total. The number of rotatable bonds is 7. The molecular weight excluding hydrogens is 224 g/mol. The first-order chi connectivity index (χ1) is 7.95. The Labute approximate surface area is 101 Å². The van der Waals surface area contributed by atoms with Crippen LogP contribution < -0.4 is 5.32 Å². The summed E-state index contributed by atoms with van der Waals surface area (Å²) in [5, 5.41) is 5.94. The van der Waals surface area contributed by atoms with Crippen LogP contribution in [0.1, 0.15) is 27.2 Å². The van der Waals surface area contributed by atoms with Gasteiger partial charge in [0, 0.05) is 24.6 Å².